The minimum absolute atomic E-state index is 0.0213. The molecule has 10 nitrogen and oxygen atoms in total. The summed E-state index contributed by atoms with van der Waals surface area (Å²) in [5.41, 5.74) is 1.48. The number of carbonyl (C=O) groups is 2. The second-order valence-corrected chi connectivity index (χ2v) is 11.4. The first-order valence-corrected chi connectivity index (χ1v) is 14.1. The summed E-state index contributed by atoms with van der Waals surface area (Å²) in [6, 6.07) is -0.0367. The summed E-state index contributed by atoms with van der Waals surface area (Å²) in [7, 11) is 0. The molecule has 42 heavy (non-hydrogen) atoms. The summed E-state index contributed by atoms with van der Waals surface area (Å²) in [5, 5.41) is 12.4. The summed E-state index contributed by atoms with van der Waals surface area (Å²) in [5.74, 6) is -3.85. The molecule has 1 saturated heterocycles. The number of hydrogen-bond acceptors (Lipinski definition) is 7. The SMILES string of the molecule is O=C(N[C@H](c1nc2cc([C@@H](CCl)N3C[C@@H](C(F)(F)F)NC3=O)ccc2o1)C1CCC(F)(F)CC1)c1nonc1C1CC1. The number of urea groups is 1. The molecule has 2 saturated carbocycles. The first-order chi connectivity index (χ1) is 19.9. The Balaban J connectivity index is 1.28. The van der Waals surface area contributed by atoms with Crippen LogP contribution in [-0.2, 0) is 0 Å². The predicted octanol–water partition coefficient (Wildman–Crippen LogP) is 5.62. The Hall–Kier alpha value is -3.49. The van der Waals surface area contributed by atoms with Gasteiger partial charge in [-0.2, -0.15) is 13.2 Å². The molecular formula is C26H26ClF5N6O4. The van der Waals surface area contributed by atoms with Gasteiger partial charge in [-0.1, -0.05) is 11.2 Å². The van der Waals surface area contributed by atoms with Crippen molar-refractivity contribution in [1.82, 2.24) is 30.8 Å². The van der Waals surface area contributed by atoms with Crippen molar-refractivity contribution >= 4 is 34.6 Å². The van der Waals surface area contributed by atoms with E-state index in [1.807, 2.05) is 5.32 Å². The first kappa shape index (κ1) is 28.6. The molecule has 3 heterocycles. The van der Waals surface area contributed by atoms with E-state index in [-0.39, 0.29) is 49.1 Å². The fourth-order valence-electron chi connectivity index (χ4n) is 5.63. The summed E-state index contributed by atoms with van der Waals surface area (Å²) >= 11 is 6.11. The second kappa shape index (κ2) is 10.7. The molecule has 0 spiro atoms. The molecule has 3 aromatic rings. The van der Waals surface area contributed by atoms with Crippen molar-refractivity contribution in [3.8, 4) is 0 Å². The van der Waals surface area contributed by atoms with E-state index in [9.17, 15) is 31.5 Å². The van der Waals surface area contributed by atoms with E-state index >= 15 is 0 Å². The van der Waals surface area contributed by atoms with Crippen LogP contribution in [0.15, 0.2) is 27.2 Å². The van der Waals surface area contributed by atoms with Crippen LogP contribution in [0.25, 0.3) is 11.1 Å². The fourth-order valence-corrected chi connectivity index (χ4v) is 5.98. The summed E-state index contributed by atoms with van der Waals surface area (Å²) in [4.78, 5) is 31.2. The van der Waals surface area contributed by atoms with Gasteiger partial charge in [0.25, 0.3) is 5.91 Å². The molecule has 6 rings (SSSR count). The van der Waals surface area contributed by atoms with E-state index < -0.39 is 54.6 Å². The lowest BCUT2D eigenvalue weighted by atomic mass is 9.82. The van der Waals surface area contributed by atoms with Crippen molar-refractivity contribution in [2.24, 2.45) is 5.92 Å². The third-order valence-electron chi connectivity index (χ3n) is 8.15. The summed E-state index contributed by atoms with van der Waals surface area (Å²) in [6.07, 6.45) is -3.43. The number of benzene rings is 1. The number of aromatic nitrogens is 3. The third-order valence-corrected chi connectivity index (χ3v) is 8.44. The van der Waals surface area contributed by atoms with Crippen LogP contribution in [0.2, 0.25) is 0 Å². The van der Waals surface area contributed by atoms with Crippen molar-refractivity contribution in [2.75, 3.05) is 12.4 Å². The monoisotopic (exact) mass is 616 g/mol. The smallest absolute Gasteiger partial charge is 0.410 e. The number of alkyl halides is 6. The molecule has 0 bridgehead atoms. The van der Waals surface area contributed by atoms with E-state index in [4.69, 9.17) is 20.6 Å². The average molecular weight is 617 g/mol. The largest absolute Gasteiger partial charge is 0.438 e. The number of hydrogen-bond donors (Lipinski definition) is 2. The lowest BCUT2D eigenvalue weighted by Crippen LogP contribution is -2.40. The van der Waals surface area contributed by atoms with Crippen LogP contribution in [0.4, 0.5) is 26.7 Å². The molecule has 0 unspecified atom stereocenters. The van der Waals surface area contributed by atoms with Crippen molar-refractivity contribution < 1.29 is 40.6 Å². The van der Waals surface area contributed by atoms with Crippen LogP contribution in [-0.4, -0.2) is 62.7 Å². The van der Waals surface area contributed by atoms with Crippen molar-refractivity contribution in [3.05, 3.63) is 41.0 Å². The van der Waals surface area contributed by atoms with Gasteiger partial charge in [0.1, 0.15) is 23.3 Å². The minimum atomic E-state index is -4.61. The third kappa shape index (κ3) is 5.62. The molecule has 0 radical (unpaired) electrons. The maximum atomic E-state index is 14.0. The second-order valence-electron chi connectivity index (χ2n) is 11.1. The van der Waals surface area contributed by atoms with Gasteiger partial charge in [-0.05, 0) is 54.5 Å². The molecule has 226 valence electrons. The van der Waals surface area contributed by atoms with Crippen LogP contribution < -0.4 is 10.6 Å². The van der Waals surface area contributed by atoms with Gasteiger partial charge in [0.15, 0.2) is 11.3 Å². The zero-order chi connectivity index (χ0) is 29.8. The maximum absolute atomic E-state index is 14.0. The number of oxazole rings is 1. The highest BCUT2D eigenvalue weighted by Crippen LogP contribution is 2.43. The van der Waals surface area contributed by atoms with Gasteiger partial charge in [-0.3, -0.25) is 4.79 Å². The number of rotatable bonds is 8. The number of carbonyl (C=O) groups excluding carboxylic acids is 2. The normalized spacial score (nSPS) is 22.8. The van der Waals surface area contributed by atoms with Crippen LogP contribution in [0.3, 0.4) is 0 Å². The highest BCUT2D eigenvalue weighted by Gasteiger charge is 2.48. The molecule has 1 aromatic carbocycles. The number of nitrogens with zero attached hydrogens (tertiary/aromatic N) is 4. The van der Waals surface area contributed by atoms with Gasteiger partial charge in [0, 0.05) is 24.6 Å². The zero-order valence-corrected chi connectivity index (χ0v) is 22.7. The molecule has 2 N–H and O–H groups in total. The van der Waals surface area contributed by atoms with Gasteiger partial charge < -0.3 is 20.0 Å². The molecule has 3 aliphatic rings. The maximum Gasteiger partial charge on any atom is 0.410 e. The minimum Gasteiger partial charge on any atom is -0.438 e. The quantitative estimate of drug-likeness (QED) is 0.248. The zero-order valence-electron chi connectivity index (χ0n) is 22.0. The first-order valence-electron chi connectivity index (χ1n) is 13.5. The molecule has 3 atom stereocenters. The topological polar surface area (TPSA) is 126 Å². The number of amides is 3. The molecule has 2 aliphatic carbocycles. The predicted molar refractivity (Wildman–Crippen MR) is 136 cm³/mol. The molecule has 16 heteroatoms. The van der Waals surface area contributed by atoms with Gasteiger partial charge >= 0.3 is 12.2 Å². The van der Waals surface area contributed by atoms with Gasteiger partial charge in [0.05, 0.1) is 12.6 Å². The number of fused-ring (bicyclic) bond motifs is 1. The highest BCUT2D eigenvalue weighted by molar-refractivity contribution is 6.18. The van der Waals surface area contributed by atoms with Crippen LogP contribution in [0.5, 0.6) is 0 Å². The van der Waals surface area contributed by atoms with Crippen LogP contribution >= 0.6 is 11.6 Å². The molecular weight excluding hydrogens is 591 g/mol. The Bertz CT molecular complexity index is 1480. The van der Waals surface area contributed by atoms with Crippen molar-refractivity contribution in [3.63, 3.8) is 0 Å². The Labute approximate surface area is 240 Å². The fraction of sp³-hybridized carbons (Fsp3) is 0.577. The van der Waals surface area contributed by atoms with E-state index in [2.05, 4.69) is 20.6 Å². The van der Waals surface area contributed by atoms with E-state index in [1.54, 1.807) is 12.1 Å². The lowest BCUT2D eigenvalue weighted by Gasteiger charge is -2.32. The Kier molecular flexibility index (Phi) is 7.26. The molecule has 3 fully saturated rings. The summed E-state index contributed by atoms with van der Waals surface area (Å²) < 4.78 is 78.4. The van der Waals surface area contributed by atoms with Gasteiger partial charge in [-0.25, -0.2) is 23.2 Å². The Morgan fingerprint density at radius 2 is 1.93 bits per heavy atom. The van der Waals surface area contributed by atoms with Gasteiger partial charge in [0.2, 0.25) is 11.8 Å². The van der Waals surface area contributed by atoms with E-state index in [0.717, 1.165) is 17.7 Å². The number of nitrogens with one attached hydrogen (secondary N) is 2. The number of halogens is 6. The van der Waals surface area contributed by atoms with Crippen molar-refractivity contribution in [2.45, 2.75) is 74.7 Å². The average Bonchev–Trinajstić information content (AvgIpc) is 3.31. The Morgan fingerprint density at radius 3 is 2.57 bits per heavy atom. The Morgan fingerprint density at radius 1 is 1.19 bits per heavy atom. The summed E-state index contributed by atoms with van der Waals surface area (Å²) in [6.45, 7) is -0.609. The van der Waals surface area contributed by atoms with Crippen molar-refractivity contribution in [1.29, 1.82) is 0 Å². The van der Waals surface area contributed by atoms with E-state index in [0.29, 0.717) is 22.4 Å². The van der Waals surface area contributed by atoms with E-state index in [1.165, 1.54) is 6.07 Å². The molecule has 1 aliphatic heterocycles. The van der Waals surface area contributed by atoms with Gasteiger partial charge in [-0.15, -0.1) is 11.6 Å². The molecule has 3 amide bonds. The lowest BCUT2D eigenvalue weighted by molar-refractivity contribution is -0.150. The van der Waals surface area contributed by atoms with Crippen LogP contribution in [0, 0.1) is 5.92 Å². The van der Waals surface area contributed by atoms with Crippen LogP contribution in [0.1, 0.15) is 84.2 Å². The standard InChI is InChI=1S/C26H26ClF5N6O4/c27-10-16(38-11-18(26(30,31)32)34-24(38)40)14-3-4-17-15(9-14)33-23(41-17)20(13-5-7-25(28,29)8-6-13)35-22(39)21-19(12-1-2-12)36-42-37-21/h3-4,9,12-13,16,18,20H,1-2,5-8,10-11H2,(H,34,40)(H,35,39)/t16-,18+,20+/m1/s1. The molecule has 2 aromatic heterocycles. The highest BCUT2D eigenvalue weighted by atomic mass is 35.5.